The van der Waals surface area contributed by atoms with Gasteiger partial charge in [0.1, 0.15) is 11.6 Å². The second-order valence-electron chi connectivity index (χ2n) is 5.06. The molecular weight excluding hydrogens is 241 g/mol. The van der Waals surface area contributed by atoms with Gasteiger partial charge in [0.15, 0.2) is 0 Å². The normalized spacial score (nSPS) is 19.6. The van der Waals surface area contributed by atoms with E-state index >= 15 is 0 Å². The summed E-state index contributed by atoms with van der Waals surface area (Å²) in [5, 5.41) is 3.44. The van der Waals surface area contributed by atoms with Gasteiger partial charge in [0.25, 0.3) is 0 Å². The Morgan fingerprint density at radius 3 is 2.89 bits per heavy atom. The third kappa shape index (κ3) is 2.40. The van der Waals surface area contributed by atoms with Crippen LogP contribution in [0.2, 0.25) is 0 Å². The van der Waals surface area contributed by atoms with Gasteiger partial charge in [-0.05, 0) is 44.0 Å². The molecule has 3 nitrogen and oxygen atoms in total. The lowest BCUT2D eigenvalue weighted by molar-refractivity contribution is 0.411. The van der Waals surface area contributed by atoms with Crippen molar-refractivity contribution >= 4 is 0 Å². The molecule has 0 saturated carbocycles. The highest BCUT2D eigenvalue weighted by molar-refractivity contribution is 5.38. The lowest BCUT2D eigenvalue weighted by Gasteiger charge is -2.24. The Labute approximate surface area is 112 Å². The summed E-state index contributed by atoms with van der Waals surface area (Å²) in [4.78, 5) is 4.13. The number of hydrogen-bond donors (Lipinski definition) is 1. The topological polar surface area (TPSA) is 29.9 Å². The van der Waals surface area contributed by atoms with Crippen LogP contribution in [0.5, 0.6) is 0 Å². The van der Waals surface area contributed by atoms with E-state index in [4.69, 9.17) is 0 Å². The Hall–Kier alpha value is -1.68. The third-order valence-corrected chi connectivity index (χ3v) is 3.77. The Balaban J connectivity index is 1.91. The number of aryl methyl sites for hydroxylation is 1. The molecule has 1 fully saturated rings. The summed E-state index contributed by atoms with van der Waals surface area (Å²) in [5.41, 5.74) is 1.60. The molecule has 4 heteroatoms. The van der Waals surface area contributed by atoms with Crippen LogP contribution < -0.4 is 5.32 Å². The van der Waals surface area contributed by atoms with E-state index in [2.05, 4.69) is 10.3 Å². The van der Waals surface area contributed by atoms with E-state index in [1.807, 2.05) is 19.1 Å². The van der Waals surface area contributed by atoms with Crippen LogP contribution in [0, 0.1) is 12.7 Å². The van der Waals surface area contributed by atoms with Crippen LogP contribution in [0.3, 0.4) is 0 Å². The van der Waals surface area contributed by atoms with E-state index in [9.17, 15) is 4.39 Å². The maximum Gasteiger partial charge on any atom is 0.147 e. The van der Waals surface area contributed by atoms with Gasteiger partial charge in [-0.1, -0.05) is 12.5 Å². The zero-order chi connectivity index (χ0) is 13.2. The summed E-state index contributed by atoms with van der Waals surface area (Å²) < 4.78 is 16.0. The number of nitrogens with one attached hydrogen (secondary N) is 1. The molecule has 1 aromatic carbocycles. The van der Waals surface area contributed by atoms with Crippen molar-refractivity contribution in [2.24, 2.45) is 0 Å². The van der Waals surface area contributed by atoms with Gasteiger partial charge in [-0.15, -0.1) is 0 Å². The highest BCUT2D eigenvalue weighted by atomic mass is 19.1. The lowest BCUT2D eigenvalue weighted by Crippen LogP contribution is -2.26. The van der Waals surface area contributed by atoms with Crippen molar-refractivity contribution in [1.29, 1.82) is 0 Å². The molecule has 1 aliphatic rings. The van der Waals surface area contributed by atoms with Crippen LogP contribution in [0.1, 0.15) is 36.7 Å². The third-order valence-electron chi connectivity index (χ3n) is 3.77. The van der Waals surface area contributed by atoms with Crippen molar-refractivity contribution in [3.8, 4) is 5.69 Å². The predicted octanol–water partition coefficient (Wildman–Crippen LogP) is 3.13. The number of piperidine rings is 1. The van der Waals surface area contributed by atoms with Gasteiger partial charge in [0.2, 0.25) is 0 Å². The molecule has 0 amide bonds. The fourth-order valence-electron chi connectivity index (χ4n) is 2.70. The van der Waals surface area contributed by atoms with Crippen molar-refractivity contribution in [3.05, 3.63) is 47.8 Å². The smallest absolute Gasteiger partial charge is 0.147 e. The number of nitrogens with zero attached hydrogens (tertiary/aromatic N) is 2. The first kappa shape index (κ1) is 12.4. The highest BCUT2D eigenvalue weighted by Gasteiger charge is 2.16. The van der Waals surface area contributed by atoms with Crippen LogP contribution in [0.4, 0.5) is 4.39 Å². The molecule has 1 N–H and O–H groups in total. The maximum absolute atomic E-state index is 14.3. The maximum atomic E-state index is 14.3. The molecule has 1 aromatic heterocycles. The molecule has 1 saturated heterocycles. The van der Waals surface area contributed by atoms with Gasteiger partial charge in [-0.3, -0.25) is 0 Å². The van der Waals surface area contributed by atoms with E-state index in [-0.39, 0.29) is 5.82 Å². The zero-order valence-corrected chi connectivity index (χ0v) is 11.1. The first-order valence-electron chi connectivity index (χ1n) is 6.79. The molecule has 19 heavy (non-hydrogen) atoms. The number of hydrogen-bond acceptors (Lipinski definition) is 2. The molecule has 3 rings (SSSR count). The average molecular weight is 259 g/mol. The van der Waals surface area contributed by atoms with Gasteiger partial charge >= 0.3 is 0 Å². The van der Waals surface area contributed by atoms with E-state index in [1.54, 1.807) is 23.0 Å². The lowest BCUT2D eigenvalue weighted by atomic mass is 9.97. The Bertz CT molecular complexity index is 571. The standard InChI is InChI=1S/C15H18FN3/c1-11-17-8-9-19(11)15-6-5-12(10-13(15)16)14-4-2-3-7-18-14/h5-6,8-10,14,18H,2-4,7H2,1H3. The summed E-state index contributed by atoms with van der Waals surface area (Å²) in [6.45, 7) is 2.89. The number of rotatable bonds is 2. The molecule has 0 radical (unpaired) electrons. The second-order valence-corrected chi connectivity index (χ2v) is 5.06. The summed E-state index contributed by atoms with van der Waals surface area (Å²) in [6.07, 6.45) is 6.98. The second kappa shape index (κ2) is 5.13. The van der Waals surface area contributed by atoms with Crippen molar-refractivity contribution in [2.45, 2.75) is 32.2 Å². The quantitative estimate of drug-likeness (QED) is 0.898. The van der Waals surface area contributed by atoms with Crippen LogP contribution in [-0.2, 0) is 0 Å². The van der Waals surface area contributed by atoms with Gasteiger partial charge in [0, 0.05) is 18.4 Å². The SMILES string of the molecule is Cc1nccn1-c1ccc(C2CCCCN2)cc1F. The number of benzene rings is 1. The van der Waals surface area contributed by atoms with Gasteiger partial charge < -0.3 is 9.88 Å². The van der Waals surface area contributed by atoms with Gasteiger partial charge in [-0.2, -0.15) is 0 Å². The molecule has 0 spiro atoms. The molecule has 0 aliphatic carbocycles. The predicted molar refractivity (Wildman–Crippen MR) is 72.9 cm³/mol. The molecular formula is C15H18FN3. The van der Waals surface area contributed by atoms with E-state index in [1.165, 1.54) is 12.8 Å². The Morgan fingerprint density at radius 1 is 1.37 bits per heavy atom. The average Bonchev–Trinajstić information content (AvgIpc) is 2.86. The minimum atomic E-state index is -0.189. The Morgan fingerprint density at radius 2 is 2.26 bits per heavy atom. The van der Waals surface area contributed by atoms with Crippen LogP contribution in [0.15, 0.2) is 30.6 Å². The van der Waals surface area contributed by atoms with Crippen LogP contribution in [0.25, 0.3) is 5.69 Å². The summed E-state index contributed by atoms with van der Waals surface area (Å²) in [6, 6.07) is 5.80. The van der Waals surface area contributed by atoms with E-state index < -0.39 is 0 Å². The summed E-state index contributed by atoms with van der Waals surface area (Å²) in [5.74, 6) is 0.605. The van der Waals surface area contributed by atoms with E-state index in [0.717, 1.165) is 24.4 Å². The molecule has 1 unspecified atom stereocenters. The molecule has 1 aliphatic heterocycles. The molecule has 2 aromatic rings. The summed E-state index contributed by atoms with van der Waals surface area (Å²) >= 11 is 0. The number of aromatic nitrogens is 2. The Kier molecular flexibility index (Phi) is 3.34. The first-order chi connectivity index (χ1) is 9.25. The van der Waals surface area contributed by atoms with Gasteiger partial charge in [-0.25, -0.2) is 9.37 Å². The van der Waals surface area contributed by atoms with Crippen LogP contribution >= 0.6 is 0 Å². The van der Waals surface area contributed by atoms with Crippen molar-refractivity contribution < 1.29 is 4.39 Å². The zero-order valence-electron chi connectivity index (χ0n) is 11.1. The minimum Gasteiger partial charge on any atom is -0.310 e. The van der Waals surface area contributed by atoms with Crippen LogP contribution in [-0.4, -0.2) is 16.1 Å². The number of halogens is 1. The highest BCUT2D eigenvalue weighted by Crippen LogP contribution is 2.25. The fraction of sp³-hybridized carbons (Fsp3) is 0.400. The molecule has 1 atom stereocenters. The largest absolute Gasteiger partial charge is 0.310 e. The molecule has 0 bridgehead atoms. The monoisotopic (exact) mass is 259 g/mol. The van der Waals surface area contributed by atoms with Gasteiger partial charge in [0.05, 0.1) is 5.69 Å². The number of imidazole rings is 1. The van der Waals surface area contributed by atoms with Crippen molar-refractivity contribution in [2.75, 3.05) is 6.54 Å². The molecule has 2 heterocycles. The first-order valence-corrected chi connectivity index (χ1v) is 6.79. The minimum absolute atomic E-state index is 0.189. The summed E-state index contributed by atoms with van der Waals surface area (Å²) in [7, 11) is 0. The molecule has 100 valence electrons. The van der Waals surface area contributed by atoms with Crippen molar-refractivity contribution in [1.82, 2.24) is 14.9 Å². The van der Waals surface area contributed by atoms with Crippen molar-refractivity contribution in [3.63, 3.8) is 0 Å². The fourth-order valence-corrected chi connectivity index (χ4v) is 2.70. The van der Waals surface area contributed by atoms with E-state index in [0.29, 0.717) is 11.7 Å².